The van der Waals surface area contributed by atoms with E-state index >= 15 is 0 Å². The molecule has 0 aliphatic heterocycles. The lowest BCUT2D eigenvalue weighted by molar-refractivity contribution is 1.11. The molecular formula is C22H15N3OS. The molecule has 0 saturated carbocycles. The molecule has 0 spiro atoms. The average Bonchev–Trinajstić information content (AvgIpc) is 3.10. The van der Waals surface area contributed by atoms with Crippen LogP contribution in [-0.4, -0.2) is 9.38 Å². The van der Waals surface area contributed by atoms with Crippen LogP contribution in [0.1, 0.15) is 0 Å². The molecule has 0 aliphatic rings. The maximum Gasteiger partial charge on any atom is 0.274 e. The first-order chi connectivity index (χ1) is 13.3. The molecule has 5 heteroatoms. The molecule has 0 amide bonds. The van der Waals surface area contributed by atoms with Gasteiger partial charge in [-0.3, -0.25) is 9.20 Å². The zero-order valence-electron chi connectivity index (χ0n) is 14.3. The standard InChI is InChI=1S/C22H15N3OS/c26-21-19-20(15-9-3-1-4-10-15)27-22(23-16-11-5-2-6-12-16)25(19)18-14-8-7-13-17(18)24-21/h1-14H,(H,24,26). The van der Waals surface area contributed by atoms with Crippen molar-refractivity contribution in [3.05, 3.63) is 100 Å². The van der Waals surface area contributed by atoms with E-state index in [0.29, 0.717) is 5.52 Å². The number of fused-ring (bicyclic) bond motifs is 3. The Balaban J connectivity index is 1.98. The summed E-state index contributed by atoms with van der Waals surface area (Å²) in [5.74, 6) is 0. The van der Waals surface area contributed by atoms with Gasteiger partial charge in [-0.2, -0.15) is 0 Å². The summed E-state index contributed by atoms with van der Waals surface area (Å²) >= 11 is 1.53. The molecule has 2 aromatic heterocycles. The number of hydrogen-bond donors (Lipinski definition) is 1. The number of rotatable bonds is 2. The first kappa shape index (κ1) is 15.8. The monoisotopic (exact) mass is 369 g/mol. The van der Waals surface area contributed by atoms with E-state index in [1.165, 1.54) is 11.3 Å². The number of nitrogens with one attached hydrogen (secondary N) is 1. The van der Waals surface area contributed by atoms with Crippen LogP contribution >= 0.6 is 11.3 Å². The van der Waals surface area contributed by atoms with Crippen molar-refractivity contribution in [3.63, 3.8) is 0 Å². The summed E-state index contributed by atoms with van der Waals surface area (Å²) in [6.07, 6.45) is 0. The second-order valence-corrected chi connectivity index (χ2v) is 7.16. The number of benzene rings is 3. The Morgan fingerprint density at radius 3 is 2.26 bits per heavy atom. The highest BCUT2D eigenvalue weighted by atomic mass is 32.1. The number of nitrogens with zero attached hydrogens (tertiary/aromatic N) is 2. The highest BCUT2D eigenvalue weighted by molar-refractivity contribution is 7.13. The van der Waals surface area contributed by atoms with Gasteiger partial charge in [-0.25, -0.2) is 4.99 Å². The molecule has 5 aromatic rings. The molecule has 0 fully saturated rings. The van der Waals surface area contributed by atoms with Crippen LogP contribution in [0.2, 0.25) is 0 Å². The second kappa shape index (κ2) is 6.37. The summed E-state index contributed by atoms with van der Waals surface area (Å²) in [4.78, 5) is 22.5. The van der Waals surface area contributed by atoms with Gasteiger partial charge in [0.05, 0.1) is 21.6 Å². The van der Waals surface area contributed by atoms with E-state index in [1.54, 1.807) is 0 Å². The van der Waals surface area contributed by atoms with Crippen LogP contribution in [0.15, 0.2) is 94.7 Å². The Hall–Kier alpha value is -3.44. The summed E-state index contributed by atoms with van der Waals surface area (Å²) in [6, 6.07) is 27.6. The number of thiazole rings is 1. The fourth-order valence-corrected chi connectivity index (χ4v) is 4.39. The van der Waals surface area contributed by atoms with Gasteiger partial charge in [0.15, 0.2) is 4.80 Å². The molecule has 2 heterocycles. The number of para-hydroxylation sites is 3. The lowest BCUT2D eigenvalue weighted by atomic mass is 10.2. The summed E-state index contributed by atoms with van der Waals surface area (Å²) < 4.78 is 1.97. The highest BCUT2D eigenvalue weighted by Gasteiger charge is 2.15. The van der Waals surface area contributed by atoms with Crippen molar-refractivity contribution < 1.29 is 0 Å². The van der Waals surface area contributed by atoms with Crippen LogP contribution in [0.3, 0.4) is 0 Å². The van der Waals surface area contributed by atoms with Crippen molar-refractivity contribution in [2.45, 2.75) is 0 Å². The van der Waals surface area contributed by atoms with Crippen molar-refractivity contribution in [2.24, 2.45) is 4.99 Å². The largest absolute Gasteiger partial charge is 0.319 e. The van der Waals surface area contributed by atoms with Crippen LogP contribution in [0.4, 0.5) is 5.69 Å². The van der Waals surface area contributed by atoms with Gasteiger partial charge in [0, 0.05) is 0 Å². The third-order valence-corrected chi connectivity index (χ3v) is 5.54. The van der Waals surface area contributed by atoms with E-state index in [2.05, 4.69) is 4.98 Å². The van der Waals surface area contributed by atoms with Crippen LogP contribution in [0, 0.1) is 0 Å². The molecule has 3 aromatic carbocycles. The highest BCUT2D eigenvalue weighted by Crippen LogP contribution is 2.27. The van der Waals surface area contributed by atoms with Gasteiger partial charge in [-0.15, -0.1) is 0 Å². The van der Waals surface area contributed by atoms with E-state index in [4.69, 9.17) is 4.99 Å². The maximum absolute atomic E-state index is 12.9. The van der Waals surface area contributed by atoms with Crippen molar-refractivity contribution in [1.82, 2.24) is 9.38 Å². The minimum absolute atomic E-state index is 0.113. The summed E-state index contributed by atoms with van der Waals surface area (Å²) in [5, 5.41) is 0. The topological polar surface area (TPSA) is 49.6 Å². The Morgan fingerprint density at radius 2 is 1.48 bits per heavy atom. The van der Waals surface area contributed by atoms with Gasteiger partial charge in [-0.05, 0) is 29.8 Å². The fraction of sp³-hybridized carbons (Fsp3) is 0. The summed E-state index contributed by atoms with van der Waals surface area (Å²) in [5.41, 5.74) is 4.10. The molecule has 0 saturated heterocycles. The molecule has 27 heavy (non-hydrogen) atoms. The van der Waals surface area contributed by atoms with Gasteiger partial charge >= 0.3 is 0 Å². The number of aromatic amines is 1. The number of H-pyrrole nitrogens is 1. The van der Waals surface area contributed by atoms with Crippen LogP contribution < -0.4 is 10.4 Å². The van der Waals surface area contributed by atoms with Crippen LogP contribution in [-0.2, 0) is 0 Å². The first-order valence-corrected chi connectivity index (χ1v) is 9.45. The molecule has 0 aliphatic carbocycles. The maximum atomic E-state index is 12.9. The predicted molar refractivity (Wildman–Crippen MR) is 111 cm³/mol. The SMILES string of the molecule is O=c1[nH]c2ccccc2n2c(=Nc3ccccc3)sc(-c3ccccc3)c12. The van der Waals surface area contributed by atoms with Crippen LogP contribution in [0.5, 0.6) is 0 Å². The van der Waals surface area contributed by atoms with Crippen molar-refractivity contribution >= 4 is 33.6 Å². The quantitative estimate of drug-likeness (QED) is 0.480. The van der Waals surface area contributed by atoms with Gasteiger partial charge in [0.25, 0.3) is 5.56 Å². The van der Waals surface area contributed by atoms with Crippen molar-refractivity contribution in [2.75, 3.05) is 0 Å². The van der Waals surface area contributed by atoms with E-state index < -0.39 is 0 Å². The minimum Gasteiger partial charge on any atom is -0.319 e. The first-order valence-electron chi connectivity index (χ1n) is 8.63. The Labute approximate surface area is 158 Å². The molecular weight excluding hydrogens is 354 g/mol. The van der Waals surface area contributed by atoms with E-state index in [1.807, 2.05) is 89.3 Å². The predicted octanol–water partition coefficient (Wildman–Crippen LogP) is 4.74. The second-order valence-electron chi connectivity index (χ2n) is 6.18. The zero-order valence-corrected chi connectivity index (χ0v) is 15.1. The average molecular weight is 369 g/mol. The molecule has 5 rings (SSSR count). The van der Waals surface area contributed by atoms with Gasteiger partial charge in [0.2, 0.25) is 0 Å². The Bertz CT molecular complexity index is 1380. The molecule has 1 N–H and O–H groups in total. The normalized spacial score (nSPS) is 12.1. The minimum atomic E-state index is -0.113. The van der Waals surface area contributed by atoms with E-state index in [-0.39, 0.29) is 5.56 Å². The fourth-order valence-electron chi connectivity index (χ4n) is 3.24. The molecule has 130 valence electrons. The van der Waals surface area contributed by atoms with Gasteiger partial charge in [-0.1, -0.05) is 72.0 Å². The van der Waals surface area contributed by atoms with E-state index in [9.17, 15) is 4.79 Å². The lowest BCUT2D eigenvalue weighted by Gasteiger charge is -2.03. The molecule has 0 radical (unpaired) electrons. The molecule has 4 nitrogen and oxygen atoms in total. The van der Waals surface area contributed by atoms with Crippen molar-refractivity contribution in [1.29, 1.82) is 0 Å². The smallest absolute Gasteiger partial charge is 0.274 e. The third-order valence-electron chi connectivity index (χ3n) is 4.45. The lowest BCUT2D eigenvalue weighted by Crippen LogP contribution is -2.16. The van der Waals surface area contributed by atoms with Gasteiger partial charge in [0.1, 0.15) is 5.52 Å². The van der Waals surface area contributed by atoms with Crippen molar-refractivity contribution in [3.8, 4) is 10.4 Å². The molecule has 0 atom stereocenters. The van der Waals surface area contributed by atoms with Crippen LogP contribution in [0.25, 0.3) is 27.0 Å². The number of hydrogen-bond acceptors (Lipinski definition) is 3. The summed E-state index contributed by atoms with van der Waals surface area (Å²) in [6.45, 7) is 0. The van der Waals surface area contributed by atoms with Gasteiger partial charge < -0.3 is 4.98 Å². The Kier molecular flexibility index (Phi) is 3.73. The Morgan fingerprint density at radius 1 is 0.815 bits per heavy atom. The van der Waals surface area contributed by atoms with E-state index in [0.717, 1.165) is 32.0 Å². The molecule has 0 unspecified atom stereocenters. The number of aromatic nitrogens is 2. The summed E-state index contributed by atoms with van der Waals surface area (Å²) in [7, 11) is 0. The third kappa shape index (κ3) is 2.69. The zero-order chi connectivity index (χ0) is 18.2. The molecule has 0 bridgehead atoms.